The fraction of sp³-hybridized carbons (Fsp3) is 0.444. The normalized spacial score (nSPS) is 22.4. The van der Waals surface area contributed by atoms with Crippen molar-refractivity contribution in [2.75, 3.05) is 24.3 Å². The third kappa shape index (κ3) is 4.65. The molecule has 0 spiro atoms. The molecule has 1 unspecified atom stereocenters. The molecular weight excluding hydrogens is 410 g/mol. The fourth-order valence-corrected chi connectivity index (χ4v) is 5.34. The molecule has 0 saturated heterocycles. The average Bonchev–Trinajstić information content (AvgIpc) is 2.84. The van der Waals surface area contributed by atoms with E-state index < -0.39 is 0 Å². The zero-order valence-electron chi connectivity index (χ0n) is 19.6. The molecule has 2 aliphatic rings. The number of benzene rings is 2. The van der Waals surface area contributed by atoms with Crippen LogP contribution in [0, 0.1) is 5.92 Å². The lowest BCUT2D eigenvalue weighted by molar-refractivity contribution is -0.126. The summed E-state index contributed by atoms with van der Waals surface area (Å²) in [5, 5.41) is 7.95. The summed E-state index contributed by atoms with van der Waals surface area (Å²) in [5.74, 6) is 1.90. The van der Waals surface area contributed by atoms with E-state index in [2.05, 4.69) is 41.0 Å². The Hall–Kier alpha value is -3.15. The van der Waals surface area contributed by atoms with E-state index in [0.29, 0.717) is 12.0 Å². The first-order valence-electron chi connectivity index (χ1n) is 12.2. The van der Waals surface area contributed by atoms with Gasteiger partial charge in [-0.1, -0.05) is 36.4 Å². The van der Waals surface area contributed by atoms with Gasteiger partial charge in [0.1, 0.15) is 5.82 Å². The molecule has 2 aliphatic carbocycles. The van der Waals surface area contributed by atoms with Crippen molar-refractivity contribution in [2.24, 2.45) is 5.92 Å². The maximum Gasteiger partial charge on any atom is 0.225 e. The number of carbonyl (C=O) groups is 1. The van der Waals surface area contributed by atoms with Crippen LogP contribution in [-0.4, -0.2) is 36.0 Å². The number of aryl methyl sites for hydroxylation is 1. The van der Waals surface area contributed by atoms with E-state index in [-0.39, 0.29) is 17.9 Å². The van der Waals surface area contributed by atoms with Gasteiger partial charge >= 0.3 is 0 Å². The van der Waals surface area contributed by atoms with Crippen LogP contribution in [-0.2, 0) is 11.2 Å². The topological polar surface area (TPSA) is 70.2 Å². The minimum atomic E-state index is 0.0898. The van der Waals surface area contributed by atoms with E-state index in [1.54, 1.807) is 0 Å². The lowest BCUT2D eigenvalue weighted by atomic mass is 9.84. The Bertz CT molecular complexity index is 1140. The number of aromatic nitrogens is 2. The molecule has 1 heterocycles. The second-order valence-electron chi connectivity index (χ2n) is 9.63. The van der Waals surface area contributed by atoms with E-state index in [0.717, 1.165) is 61.7 Å². The first kappa shape index (κ1) is 21.7. The molecule has 1 atom stereocenters. The van der Waals surface area contributed by atoms with E-state index >= 15 is 0 Å². The molecule has 2 N–H and O–H groups in total. The smallest absolute Gasteiger partial charge is 0.225 e. The van der Waals surface area contributed by atoms with Crippen LogP contribution >= 0.6 is 0 Å². The molecule has 1 fully saturated rings. The van der Waals surface area contributed by atoms with Crippen LogP contribution < -0.4 is 15.5 Å². The maximum atomic E-state index is 13.0. The largest absolute Gasteiger partial charge is 0.362 e. The molecule has 172 valence electrons. The predicted molar refractivity (Wildman–Crippen MR) is 133 cm³/mol. The maximum absolute atomic E-state index is 13.0. The van der Waals surface area contributed by atoms with Crippen molar-refractivity contribution in [3.05, 3.63) is 59.7 Å². The Morgan fingerprint density at radius 1 is 0.939 bits per heavy atom. The Labute approximate surface area is 195 Å². The molecule has 0 aliphatic heterocycles. The number of rotatable bonds is 5. The second-order valence-corrected chi connectivity index (χ2v) is 9.63. The number of nitrogens with one attached hydrogen (secondary N) is 2. The van der Waals surface area contributed by atoms with E-state index in [1.807, 2.05) is 37.2 Å². The van der Waals surface area contributed by atoms with Gasteiger partial charge in [0.15, 0.2) is 0 Å². The Kier molecular flexibility index (Phi) is 6.16. The lowest BCUT2D eigenvalue weighted by Crippen LogP contribution is -2.38. The lowest BCUT2D eigenvalue weighted by Gasteiger charge is -2.31. The summed E-state index contributed by atoms with van der Waals surface area (Å²) in [5.41, 5.74) is 3.63. The first-order valence-corrected chi connectivity index (χ1v) is 12.2. The van der Waals surface area contributed by atoms with Crippen LogP contribution in [0.15, 0.2) is 48.5 Å². The van der Waals surface area contributed by atoms with Gasteiger partial charge in [-0.15, -0.1) is 0 Å². The average molecular weight is 444 g/mol. The minimum absolute atomic E-state index is 0.0898. The standard InChI is InChI=1S/C27H33N5O/c1-32(2)25-22-11-5-6-12-24(22)30-27(31-25)28-20-16-14-19(15-17-20)26(33)29-23-13-7-9-18-8-3-4-10-21(18)23/h3-6,8,10-12,19-20,23H,7,9,13-17H2,1-2H3,(H,29,33)(H,28,30,31). The molecule has 1 aromatic heterocycles. The Morgan fingerprint density at radius 2 is 1.70 bits per heavy atom. The van der Waals surface area contributed by atoms with Gasteiger partial charge < -0.3 is 15.5 Å². The van der Waals surface area contributed by atoms with Crippen molar-refractivity contribution in [2.45, 2.75) is 57.0 Å². The summed E-state index contributed by atoms with van der Waals surface area (Å²) in [6.45, 7) is 0. The van der Waals surface area contributed by atoms with E-state index in [1.165, 1.54) is 11.1 Å². The highest BCUT2D eigenvalue weighted by Gasteiger charge is 2.29. The second kappa shape index (κ2) is 9.38. The molecule has 0 radical (unpaired) electrons. The number of fused-ring (bicyclic) bond motifs is 2. The van der Waals surface area contributed by atoms with Gasteiger partial charge in [0, 0.05) is 31.4 Å². The zero-order chi connectivity index (χ0) is 22.8. The SMILES string of the molecule is CN(C)c1nc(NC2CCC(C(=O)NC3CCCc4ccccc43)CC2)nc2ccccc12. The molecule has 2 aromatic carbocycles. The highest BCUT2D eigenvalue weighted by Crippen LogP contribution is 2.32. The number of hydrogen-bond donors (Lipinski definition) is 2. The van der Waals surface area contributed by atoms with Gasteiger partial charge in [-0.3, -0.25) is 4.79 Å². The summed E-state index contributed by atoms with van der Waals surface area (Å²) in [4.78, 5) is 24.6. The monoisotopic (exact) mass is 443 g/mol. The van der Waals surface area contributed by atoms with Crippen molar-refractivity contribution in [1.82, 2.24) is 15.3 Å². The van der Waals surface area contributed by atoms with Crippen molar-refractivity contribution >= 4 is 28.6 Å². The molecule has 1 saturated carbocycles. The summed E-state index contributed by atoms with van der Waals surface area (Å²) in [6.07, 6.45) is 6.98. The van der Waals surface area contributed by atoms with Crippen LogP contribution in [0.4, 0.5) is 11.8 Å². The van der Waals surface area contributed by atoms with Gasteiger partial charge in [-0.25, -0.2) is 4.98 Å². The first-order chi connectivity index (χ1) is 16.1. The molecule has 5 rings (SSSR count). The molecular formula is C27H33N5O. The number of para-hydroxylation sites is 1. The number of amides is 1. The summed E-state index contributed by atoms with van der Waals surface area (Å²) < 4.78 is 0. The molecule has 0 bridgehead atoms. The third-order valence-corrected chi connectivity index (χ3v) is 7.12. The molecule has 6 heteroatoms. The van der Waals surface area contributed by atoms with Crippen molar-refractivity contribution in [3.63, 3.8) is 0 Å². The Morgan fingerprint density at radius 3 is 2.52 bits per heavy atom. The van der Waals surface area contributed by atoms with E-state index in [4.69, 9.17) is 9.97 Å². The van der Waals surface area contributed by atoms with Gasteiger partial charge in [-0.05, 0) is 68.2 Å². The molecule has 1 amide bonds. The minimum Gasteiger partial charge on any atom is -0.362 e. The van der Waals surface area contributed by atoms with Crippen LogP contribution in [0.3, 0.4) is 0 Å². The third-order valence-electron chi connectivity index (χ3n) is 7.12. The summed E-state index contributed by atoms with van der Waals surface area (Å²) in [7, 11) is 4.01. The van der Waals surface area contributed by atoms with Gasteiger partial charge in [0.05, 0.1) is 11.6 Å². The van der Waals surface area contributed by atoms with Crippen LogP contribution in [0.1, 0.15) is 55.7 Å². The molecule has 33 heavy (non-hydrogen) atoms. The predicted octanol–water partition coefficient (Wildman–Crippen LogP) is 4.86. The fourth-order valence-electron chi connectivity index (χ4n) is 5.34. The van der Waals surface area contributed by atoms with Crippen LogP contribution in [0.2, 0.25) is 0 Å². The number of anilines is 2. The van der Waals surface area contributed by atoms with Crippen LogP contribution in [0.25, 0.3) is 10.9 Å². The Balaban J connectivity index is 1.20. The van der Waals surface area contributed by atoms with Crippen LogP contribution in [0.5, 0.6) is 0 Å². The number of hydrogen-bond acceptors (Lipinski definition) is 5. The summed E-state index contributed by atoms with van der Waals surface area (Å²) in [6, 6.07) is 17.1. The quantitative estimate of drug-likeness (QED) is 0.589. The van der Waals surface area contributed by atoms with Crippen molar-refractivity contribution in [1.29, 1.82) is 0 Å². The van der Waals surface area contributed by atoms with E-state index in [9.17, 15) is 4.79 Å². The molecule has 6 nitrogen and oxygen atoms in total. The van der Waals surface area contributed by atoms with Gasteiger partial charge in [0.25, 0.3) is 0 Å². The highest BCUT2D eigenvalue weighted by atomic mass is 16.1. The molecule has 3 aromatic rings. The van der Waals surface area contributed by atoms with Gasteiger partial charge in [0.2, 0.25) is 11.9 Å². The number of nitrogens with zero attached hydrogens (tertiary/aromatic N) is 3. The highest BCUT2D eigenvalue weighted by molar-refractivity contribution is 5.90. The number of carbonyl (C=O) groups excluding carboxylic acids is 1. The summed E-state index contributed by atoms with van der Waals surface area (Å²) >= 11 is 0. The van der Waals surface area contributed by atoms with Crippen molar-refractivity contribution in [3.8, 4) is 0 Å². The van der Waals surface area contributed by atoms with Gasteiger partial charge in [-0.2, -0.15) is 4.98 Å². The zero-order valence-corrected chi connectivity index (χ0v) is 19.6. The van der Waals surface area contributed by atoms with Crippen molar-refractivity contribution < 1.29 is 4.79 Å².